The molecule has 0 spiro atoms. The Morgan fingerprint density at radius 1 is 1.23 bits per heavy atom. The van der Waals surface area contributed by atoms with Crippen LogP contribution in [0.5, 0.6) is 0 Å². The summed E-state index contributed by atoms with van der Waals surface area (Å²) in [7, 11) is 0. The molecule has 0 aliphatic carbocycles. The summed E-state index contributed by atoms with van der Waals surface area (Å²) in [6, 6.07) is 0. The summed E-state index contributed by atoms with van der Waals surface area (Å²) in [5.74, 6) is -0.260. The van der Waals surface area contributed by atoms with Crippen molar-refractivity contribution >= 4 is 5.97 Å². The largest absolute Gasteiger partial charge is 0.345 e. The molecule has 0 atom stereocenters. The van der Waals surface area contributed by atoms with E-state index in [1.165, 1.54) is 12.8 Å². The molecule has 0 radical (unpaired) electrons. The van der Waals surface area contributed by atoms with Gasteiger partial charge in [0.25, 0.3) is 0 Å². The lowest BCUT2D eigenvalue weighted by Gasteiger charge is -2.03. The zero-order valence-electron chi connectivity index (χ0n) is 8.47. The summed E-state index contributed by atoms with van der Waals surface area (Å²) in [6.07, 6.45) is 4.78. The highest BCUT2D eigenvalue weighted by molar-refractivity contribution is 5.68. The topological polar surface area (TPSA) is 47.6 Å². The molecule has 0 unspecified atom stereocenters. The molecule has 0 fully saturated rings. The number of rotatable bonds is 8. The van der Waals surface area contributed by atoms with Crippen LogP contribution in [0.3, 0.4) is 0 Å². The molecule has 0 saturated carbocycles. The average Bonchev–Trinajstić information content (AvgIpc) is 2.13. The molecule has 13 heavy (non-hydrogen) atoms. The predicted octanol–water partition coefficient (Wildman–Crippen LogP) is 1.96. The molecule has 0 aliphatic heterocycles. The number of carbonyl (C=O) groups is 1. The Labute approximate surface area is 79.5 Å². The van der Waals surface area contributed by atoms with E-state index in [1.54, 1.807) is 0 Å². The third-order valence-electron chi connectivity index (χ3n) is 1.59. The molecule has 4 nitrogen and oxygen atoms in total. The first-order valence-corrected chi connectivity index (χ1v) is 4.87. The van der Waals surface area contributed by atoms with E-state index in [2.05, 4.69) is 22.2 Å². The van der Waals surface area contributed by atoms with Crippen molar-refractivity contribution in [3.8, 4) is 0 Å². The zero-order chi connectivity index (χ0) is 9.94. The molecule has 0 heterocycles. The Kier molecular flexibility index (Phi) is 9.03. The van der Waals surface area contributed by atoms with Crippen LogP contribution in [-0.4, -0.2) is 12.6 Å². The van der Waals surface area contributed by atoms with E-state index in [9.17, 15) is 4.79 Å². The number of unbranched alkanes of at least 4 members (excludes halogenated alkanes) is 3. The Bertz CT molecular complexity index is 128. The van der Waals surface area contributed by atoms with Crippen molar-refractivity contribution in [2.45, 2.75) is 46.0 Å². The van der Waals surface area contributed by atoms with Gasteiger partial charge >= 0.3 is 5.97 Å². The van der Waals surface area contributed by atoms with Crippen molar-refractivity contribution in [2.75, 3.05) is 6.61 Å². The fraction of sp³-hybridized carbons (Fsp3) is 0.889. The minimum atomic E-state index is -0.260. The van der Waals surface area contributed by atoms with Crippen LogP contribution in [0.4, 0.5) is 0 Å². The van der Waals surface area contributed by atoms with Crippen molar-refractivity contribution in [2.24, 2.45) is 0 Å². The van der Waals surface area contributed by atoms with E-state index < -0.39 is 0 Å². The number of carbonyl (C=O) groups excluding carboxylic acids is 1. The van der Waals surface area contributed by atoms with Gasteiger partial charge in [0.05, 0.1) is 6.61 Å². The van der Waals surface area contributed by atoms with Crippen LogP contribution in [0.15, 0.2) is 0 Å². The summed E-state index contributed by atoms with van der Waals surface area (Å²) in [4.78, 5) is 20.1. The van der Waals surface area contributed by atoms with E-state index in [0.717, 1.165) is 12.8 Å². The quantitative estimate of drug-likeness (QED) is 0.468. The second-order valence-electron chi connectivity index (χ2n) is 2.80. The Hall–Kier alpha value is -0.610. The molecular weight excluding hydrogens is 170 g/mol. The molecule has 0 aromatic heterocycles. The first-order chi connectivity index (χ1) is 6.31. The van der Waals surface area contributed by atoms with Crippen LogP contribution in [0.1, 0.15) is 46.0 Å². The maximum atomic E-state index is 10.9. The highest BCUT2D eigenvalue weighted by Crippen LogP contribution is 2.02. The molecular formula is C9H19NO3. The lowest BCUT2D eigenvalue weighted by atomic mass is 10.2. The van der Waals surface area contributed by atoms with Gasteiger partial charge in [-0.2, -0.15) is 0 Å². The molecule has 1 N–H and O–H groups in total. The third-order valence-corrected chi connectivity index (χ3v) is 1.59. The van der Waals surface area contributed by atoms with Gasteiger partial charge in [-0.25, -0.2) is 0 Å². The van der Waals surface area contributed by atoms with Crippen LogP contribution in [0.25, 0.3) is 0 Å². The van der Waals surface area contributed by atoms with Crippen LogP contribution in [-0.2, 0) is 14.5 Å². The summed E-state index contributed by atoms with van der Waals surface area (Å²) >= 11 is 0. The number of hydrogen-bond donors (Lipinski definition) is 1. The molecule has 78 valence electrons. The summed E-state index contributed by atoms with van der Waals surface area (Å²) < 4.78 is 0. The Morgan fingerprint density at radius 3 is 2.62 bits per heavy atom. The fourth-order valence-electron chi connectivity index (χ4n) is 0.882. The van der Waals surface area contributed by atoms with E-state index in [0.29, 0.717) is 13.0 Å². The molecule has 4 heteroatoms. The van der Waals surface area contributed by atoms with Gasteiger partial charge in [0.1, 0.15) is 0 Å². The molecule has 0 aromatic carbocycles. The van der Waals surface area contributed by atoms with Crippen LogP contribution in [0.2, 0.25) is 0 Å². The second-order valence-corrected chi connectivity index (χ2v) is 2.80. The number of nitrogens with one attached hydrogen (secondary N) is 1. The first-order valence-electron chi connectivity index (χ1n) is 4.87. The highest BCUT2D eigenvalue weighted by Gasteiger charge is 2.01. The van der Waals surface area contributed by atoms with Crippen molar-refractivity contribution in [3.63, 3.8) is 0 Å². The average molecular weight is 189 g/mol. The van der Waals surface area contributed by atoms with Gasteiger partial charge in [0.2, 0.25) is 0 Å². The van der Waals surface area contributed by atoms with E-state index in [-0.39, 0.29) is 5.97 Å². The molecule has 0 rings (SSSR count). The van der Waals surface area contributed by atoms with Gasteiger partial charge in [-0.3, -0.25) is 9.63 Å². The number of hydrogen-bond acceptors (Lipinski definition) is 4. The minimum Gasteiger partial charge on any atom is -0.345 e. The predicted molar refractivity (Wildman–Crippen MR) is 49.6 cm³/mol. The second kappa shape index (κ2) is 9.48. The third kappa shape index (κ3) is 9.30. The minimum absolute atomic E-state index is 0.260. The summed E-state index contributed by atoms with van der Waals surface area (Å²) in [5.41, 5.74) is 2.13. The van der Waals surface area contributed by atoms with Crippen molar-refractivity contribution in [1.82, 2.24) is 5.64 Å². The fourth-order valence-corrected chi connectivity index (χ4v) is 0.882. The molecule has 0 aliphatic rings. The van der Waals surface area contributed by atoms with Crippen molar-refractivity contribution in [1.29, 1.82) is 0 Å². The van der Waals surface area contributed by atoms with Crippen LogP contribution < -0.4 is 5.64 Å². The summed E-state index contributed by atoms with van der Waals surface area (Å²) in [6.45, 7) is 4.42. The van der Waals surface area contributed by atoms with E-state index in [1.807, 2.05) is 6.92 Å². The Balaban J connectivity index is 3.11. The van der Waals surface area contributed by atoms with Gasteiger partial charge in [0, 0.05) is 6.42 Å². The SMILES string of the molecule is CCCCCCC(=O)ONOCC. The van der Waals surface area contributed by atoms with E-state index in [4.69, 9.17) is 0 Å². The van der Waals surface area contributed by atoms with Crippen molar-refractivity contribution < 1.29 is 14.5 Å². The maximum Gasteiger partial charge on any atom is 0.327 e. The van der Waals surface area contributed by atoms with Gasteiger partial charge in [-0.15, -0.1) is 0 Å². The molecule has 0 aromatic rings. The van der Waals surface area contributed by atoms with Gasteiger partial charge in [-0.1, -0.05) is 26.2 Å². The van der Waals surface area contributed by atoms with Gasteiger partial charge in [-0.05, 0) is 19.0 Å². The normalized spacial score (nSPS) is 10.0. The lowest BCUT2D eigenvalue weighted by molar-refractivity contribution is -0.190. The zero-order valence-corrected chi connectivity index (χ0v) is 8.47. The Morgan fingerprint density at radius 2 is 2.00 bits per heavy atom. The van der Waals surface area contributed by atoms with Crippen LogP contribution in [0, 0.1) is 0 Å². The van der Waals surface area contributed by atoms with Crippen molar-refractivity contribution in [3.05, 3.63) is 0 Å². The first kappa shape index (κ1) is 12.4. The standard InChI is InChI=1S/C9H19NO3/c1-3-5-6-7-8-9(11)13-10-12-4-2/h10H,3-8H2,1-2H3. The maximum absolute atomic E-state index is 10.9. The van der Waals surface area contributed by atoms with E-state index >= 15 is 0 Å². The summed E-state index contributed by atoms with van der Waals surface area (Å²) in [5, 5.41) is 0. The monoisotopic (exact) mass is 189 g/mol. The highest BCUT2D eigenvalue weighted by atomic mass is 16.9. The lowest BCUT2D eigenvalue weighted by Crippen LogP contribution is -2.20. The van der Waals surface area contributed by atoms with Gasteiger partial charge < -0.3 is 4.84 Å². The van der Waals surface area contributed by atoms with Gasteiger partial charge in [0.15, 0.2) is 0 Å². The molecule has 0 bridgehead atoms. The van der Waals surface area contributed by atoms with Crippen LogP contribution >= 0.6 is 0 Å². The molecule has 0 saturated heterocycles. The molecule has 0 amide bonds. The smallest absolute Gasteiger partial charge is 0.327 e.